The summed E-state index contributed by atoms with van der Waals surface area (Å²) < 4.78 is 16.5. The Morgan fingerprint density at radius 3 is 2.66 bits per heavy atom. The van der Waals surface area contributed by atoms with Crippen LogP contribution in [0, 0.1) is 6.92 Å². The molecule has 0 amide bonds. The molecule has 0 bridgehead atoms. The summed E-state index contributed by atoms with van der Waals surface area (Å²) in [6.45, 7) is 7.22. The van der Waals surface area contributed by atoms with Crippen LogP contribution in [-0.4, -0.2) is 46.5 Å². The van der Waals surface area contributed by atoms with E-state index in [1.54, 1.807) is 14.2 Å². The molecule has 2 N–H and O–H groups in total. The molecule has 0 saturated heterocycles. The largest absolute Gasteiger partial charge is 0.494 e. The molecule has 0 heterocycles. The lowest BCUT2D eigenvalue weighted by Gasteiger charge is -2.15. The summed E-state index contributed by atoms with van der Waals surface area (Å²) in [5.74, 6) is 2.54. The molecular formula is C23H33N3O3. The van der Waals surface area contributed by atoms with E-state index in [-0.39, 0.29) is 0 Å². The molecule has 0 saturated carbocycles. The van der Waals surface area contributed by atoms with Crippen molar-refractivity contribution in [3.8, 4) is 11.5 Å². The van der Waals surface area contributed by atoms with Crippen molar-refractivity contribution in [2.45, 2.75) is 26.8 Å². The maximum absolute atomic E-state index is 5.86. The second-order valence-electron chi connectivity index (χ2n) is 6.64. The summed E-state index contributed by atoms with van der Waals surface area (Å²) >= 11 is 0. The van der Waals surface area contributed by atoms with Crippen LogP contribution < -0.4 is 20.1 Å². The van der Waals surface area contributed by atoms with Crippen molar-refractivity contribution in [2.24, 2.45) is 4.99 Å². The number of aryl methyl sites for hydroxylation is 1. The first kappa shape index (κ1) is 22.6. The van der Waals surface area contributed by atoms with Gasteiger partial charge in [0.05, 0.1) is 13.2 Å². The predicted molar refractivity (Wildman–Crippen MR) is 118 cm³/mol. The minimum absolute atomic E-state index is 0.529. The van der Waals surface area contributed by atoms with Crippen LogP contribution in [0.3, 0.4) is 0 Å². The van der Waals surface area contributed by atoms with Crippen LogP contribution in [0.1, 0.15) is 23.6 Å². The fourth-order valence-corrected chi connectivity index (χ4v) is 2.86. The summed E-state index contributed by atoms with van der Waals surface area (Å²) in [7, 11) is 3.45. The quantitative estimate of drug-likeness (QED) is 0.345. The lowest BCUT2D eigenvalue weighted by atomic mass is 10.1. The van der Waals surface area contributed by atoms with E-state index in [4.69, 9.17) is 14.2 Å². The van der Waals surface area contributed by atoms with Crippen LogP contribution in [0.2, 0.25) is 0 Å². The van der Waals surface area contributed by atoms with Gasteiger partial charge >= 0.3 is 0 Å². The molecule has 0 fully saturated rings. The third-order valence-corrected chi connectivity index (χ3v) is 4.35. The van der Waals surface area contributed by atoms with E-state index >= 15 is 0 Å². The Labute approximate surface area is 174 Å². The molecule has 6 heteroatoms. The first-order valence-corrected chi connectivity index (χ1v) is 10.0. The van der Waals surface area contributed by atoms with Crippen molar-refractivity contribution >= 4 is 5.96 Å². The van der Waals surface area contributed by atoms with Gasteiger partial charge in [0.25, 0.3) is 0 Å². The van der Waals surface area contributed by atoms with Gasteiger partial charge in [0.15, 0.2) is 5.96 Å². The highest BCUT2D eigenvalue weighted by atomic mass is 16.5. The maximum Gasteiger partial charge on any atom is 0.191 e. The highest BCUT2D eigenvalue weighted by Gasteiger charge is 2.06. The molecule has 6 nitrogen and oxygen atoms in total. The van der Waals surface area contributed by atoms with Gasteiger partial charge in [0.2, 0.25) is 0 Å². The molecular weight excluding hydrogens is 366 g/mol. The summed E-state index contributed by atoms with van der Waals surface area (Å²) in [5.41, 5.74) is 3.48. The SMILES string of the molecule is CCOc1cccc(CCNC(=NC)NCc2ccc(C)cc2OCCOC)c1. The Balaban J connectivity index is 1.85. The molecule has 2 aromatic carbocycles. The van der Waals surface area contributed by atoms with E-state index in [1.807, 2.05) is 25.1 Å². The number of nitrogens with zero attached hydrogens (tertiary/aromatic N) is 1. The van der Waals surface area contributed by atoms with Gasteiger partial charge in [-0.3, -0.25) is 4.99 Å². The molecule has 0 aliphatic heterocycles. The molecule has 29 heavy (non-hydrogen) atoms. The van der Waals surface area contributed by atoms with Crippen molar-refractivity contribution in [1.29, 1.82) is 0 Å². The van der Waals surface area contributed by atoms with Gasteiger partial charge in [-0.15, -0.1) is 0 Å². The third-order valence-electron chi connectivity index (χ3n) is 4.35. The molecule has 0 unspecified atom stereocenters. The van der Waals surface area contributed by atoms with Crippen LogP contribution in [0.4, 0.5) is 0 Å². The Hall–Kier alpha value is -2.73. The molecule has 158 valence electrons. The number of benzene rings is 2. The van der Waals surface area contributed by atoms with Crippen molar-refractivity contribution in [3.63, 3.8) is 0 Å². The number of hydrogen-bond donors (Lipinski definition) is 2. The first-order valence-electron chi connectivity index (χ1n) is 10.0. The lowest BCUT2D eigenvalue weighted by Crippen LogP contribution is -2.37. The van der Waals surface area contributed by atoms with E-state index in [0.29, 0.717) is 26.4 Å². The van der Waals surface area contributed by atoms with Gasteiger partial charge in [-0.1, -0.05) is 24.3 Å². The Bertz CT molecular complexity index is 778. The van der Waals surface area contributed by atoms with Gasteiger partial charge < -0.3 is 24.8 Å². The highest BCUT2D eigenvalue weighted by molar-refractivity contribution is 5.79. The summed E-state index contributed by atoms with van der Waals surface area (Å²) in [4.78, 5) is 4.31. The molecule has 2 rings (SSSR count). The number of guanidine groups is 1. The van der Waals surface area contributed by atoms with Crippen LogP contribution in [0.15, 0.2) is 47.5 Å². The zero-order chi connectivity index (χ0) is 20.9. The number of aliphatic imine (C=N–C) groups is 1. The van der Waals surface area contributed by atoms with E-state index in [0.717, 1.165) is 41.6 Å². The monoisotopic (exact) mass is 399 g/mol. The van der Waals surface area contributed by atoms with Crippen LogP contribution in [-0.2, 0) is 17.7 Å². The lowest BCUT2D eigenvalue weighted by molar-refractivity contribution is 0.145. The van der Waals surface area contributed by atoms with Gasteiger partial charge in [-0.05, 0) is 49.6 Å². The summed E-state index contributed by atoms with van der Waals surface area (Å²) in [6, 6.07) is 14.4. The van der Waals surface area contributed by atoms with Crippen molar-refractivity contribution in [3.05, 3.63) is 59.2 Å². The summed E-state index contributed by atoms with van der Waals surface area (Å²) in [5, 5.41) is 6.72. The molecule has 0 aromatic heterocycles. The fourth-order valence-electron chi connectivity index (χ4n) is 2.86. The van der Waals surface area contributed by atoms with Crippen molar-refractivity contribution in [2.75, 3.05) is 40.5 Å². The van der Waals surface area contributed by atoms with E-state index in [2.05, 4.69) is 46.8 Å². The Morgan fingerprint density at radius 1 is 1.03 bits per heavy atom. The smallest absolute Gasteiger partial charge is 0.191 e. The third kappa shape index (κ3) is 8.03. The van der Waals surface area contributed by atoms with E-state index < -0.39 is 0 Å². The number of ether oxygens (including phenoxy) is 3. The van der Waals surface area contributed by atoms with E-state index in [9.17, 15) is 0 Å². The average molecular weight is 400 g/mol. The van der Waals surface area contributed by atoms with Crippen LogP contribution in [0.5, 0.6) is 11.5 Å². The molecule has 0 aliphatic carbocycles. The maximum atomic E-state index is 5.86. The topological polar surface area (TPSA) is 64.1 Å². The number of methoxy groups -OCH3 is 1. The van der Waals surface area contributed by atoms with Crippen LogP contribution >= 0.6 is 0 Å². The zero-order valence-corrected chi connectivity index (χ0v) is 18.0. The standard InChI is InChI=1S/C23H33N3O3/c1-5-28-21-8-6-7-19(16-21)11-12-25-23(24-3)26-17-20-10-9-18(2)15-22(20)29-14-13-27-4/h6-10,15-16H,5,11-14,17H2,1-4H3,(H2,24,25,26). The minimum Gasteiger partial charge on any atom is -0.494 e. The summed E-state index contributed by atoms with van der Waals surface area (Å²) in [6.07, 6.45) is 0.886. The molecule has 0 atom stereocenters. The second kappa shape index (κ2) is 12.7. The number of nitrogens with one attached hydrogen (secondary N) is 2. The van der Waals surface area contributed by atoms with Crippen LogP contribution in [0.25, 0.3) is 0 Å². The average Bonchev–Trinajstić information content (AvgIpc) is 2.72. The molecule has 2 aromatic rings. The molecule has 0 spiro atoms. The van der Waals surface area contributed by atoms with Gasteiger partial charge in [-0.2, -0.15) is 0 Å². The Kier molecular flexibility index (Phi) is 9.86. The Morgan fingerprint density at radius 2 is 1.90 bits per heavy atom. The highest BCUT2D eigenvalue weighted by Crippen LogP contribution is 2.20. The zero-order valence-electron chi connectivity index (χ0n) is 18.0. The second-order valence-corrected chi connectivity index (χ2v) is 6.64. The fraction of sp³-hybridized carbons (Fsp3) is 0.435. The van der Waals surface area contributed by atoms with Crippen molar-refractivity contribution < 1.29 is 14.2 Å². The molecule has 0 radical (unpaired) electrons. The normalized spacial score (nSPS) is 11.2. The van der Waals surface area contributed by atoms with E-state index in [1.165, 1.54) is 5.56 Å². The first-order chi connectivity index (χ1) is 14.2. The molecule has 0 aliphatic rings. The number of hydrogen-bond acceptors (Lipinski definition) is 4. The van der Waals surface area contributed by atoms with Gasteiger partial charge in [0, 0.05) is 32.8 Å². The minimum atomic E-state index is 0.529. The number of rotatable bonds is 11. The predicted octanol–water partition coefficient (Wildman–Crippen LogP) is 3.33. The van der Waals surface area contributed by atoms with Gasteiger partial charge in [0.1, 0.15) is 18.1 Å². The van der Waals surface area contributed by atoms with Gasteiger partial charge in [-0.25, -0.2) is 0 Å². The van der Waals surface area contributed by atoms with Crippen molar-refractivity contribution in [1.82, 2.24) is 10.6 Å².